The Morgan fingerprint density at radius 3 is 2.61 bits per heavy atom. The summed E-state index contributed by atoms with van der Waals surface area (Å²) < 4.78 is 11.3. The predicted octanol–water partition coefficient (Wildman–Crippen LogP) is 1.50. The summed E-state index contributed by atoms with van der Waals surface area (Å²) in [6, 6.07) is 8.13. The van der Waals surface area contributed by atoms with Gasteiger partial charge in [0.2, 0.25) is 0 Å². The highest BCUT2D eigenvalue weighted by Crippen LogP contribution is 2.26. The minimum atomic E-state index is 0.334. The van der Waals surface area contributed by atoms with E-state index in [0.717, 1.165) is 37.6 Å². The molecule has 0 spiro atoms. The third-order valence-corrected chi connectivity index (χ3v) is 3.12. The highest BCUT2D eigenvalue weighted by atomic mass is 16.5. The first-order chi connectivity index (χ1) is 8.79. The number of ether oxygens (including phenoxy) is 2. The molecule has 1 aliphatic heterocycles. The Morgan fingerprint density at radius 2 is 2.00 bits per heavy atom. The van der Waals surface area contributed by atoms with Gasteiger partial charge in [0.1, 0.15) is 6.61 Å². The SMILES string of the molecule is CCOc1ccccc1OCCN1CC[C@H](N)C1. The van der Waals surface area contributed by atoms with E-state index in [2.05, 4.69) is 4.90 Å². The fraction of sp³-hybridized carbons (Fsp3) is 0.571. The van der Waals surface area contributed by atoms with E-state index >= 15 is 0 Å². The Hall–Kier alpha value is -1.26. The summed E-state index contributed by atoms with van der Waals surface area (Å²) in [6.45, 7) is 6.29. The minimum absolute atomic E-state index is 0.334. The van der Waals surface area contributed by atoms with Crippen LogP contribution in [0.15, 0.2) is 24.3 Å². The van der Waals surface area contributed by atoms with Gasteiger partial charge in [-0.25, -0.2) is 0 Å². The van der Waals surface area contributed by atoms with E-state index in [1.165, 1.54) is 0 Å². The van der Waals surface area contributed by atoms with Crippen LogP contribution >= 0.6 is 0 Å². The first-order valence-corrected chi connectivity index (χ1v) is 6.62. The molecule has 1 aromatic carbocycles. The molecule has 0 saturated carbocycles. The standard InChI is InChI=1S/C14H22N2O2/c1-2-17-13-5-3-4-6-14(13)18-10-9-16-8-7-12(15)11-16/h3-6,12H,2,7-11,15H2,1H3/t12-/m0/s1. The minimum Gasteiger partial charge on any atom is -0.490 e. The van der Waals surface area contributed by atoms with Crippen molar-refractivity contribution < 1.29 is 9.47 Å². The van der Waals surface area contributed by atoms with Gasteiger partial charge < -0.3 is 15.2 Å². The van der Waals surface area contributed by atoms with Gasteiger partial charge >= 0.3 is 0 Å². The van der Waals surface area contributed by atoms with Crippen LogP contribution in [0, 0.1) is 0 Å². The van der Waals surface area contributed by atoms with E-state index in [1.54, 1.807) is 0 Å². The number of hydrogen-bond acceptors (Lipinski definition) is 4. The highest BCUT2D eigenvalue weighted by Gasteiger charge is 2.18. The van der Waals surface area contributed by atoms with Crippen molar-refractivity contribution in [2.75, 3.05) is 32.8 Å². The lowest BCUT2D eigenvalue weighted by Crippen LogP contribution is -2.29. The third kappa shape index (κ3) is 3.62. The van der Waals surface area contributed by atoms with E-state index < -0.39 is 0 Å². The maximum Gasteiger partial charge on any atom is 0.161 e. The molecular weight excluding hydrogens is 228 g/mol. The zero-order valence-electron chi connectivity index (χ0n) is 11.0. The second-order valence-corrected chi connectivity index (χ2v) is 4.58. The fourth-order valence-electron chi connectivity index (χ4n) is 2.19. The molecule has 0 aliphatic carbocycles. The van der Waals surface area contributed by atoms with Gasteiger partial charge in [0.05, 0.1) is 6.61 Å². The molecular formula is C14H22N2O2. The largest absolute Gasteiger partial charge is 0.490 e. The van der Waals surface area contributed by atoms with E-state index in [9.17, 15) is 0 Å². The molecule has 1 heterocycles. The van der Waals surface area contributed by atoms with Gasteiger partial charge in [0.25, 0.3) is 0 Å². The van der Waals surface area contributed by atoms with Crippen molar-refractivity contribution in [3.05, 3.63) is 24.3 Å². The zero-order valence-corrected chi connectivity index (χ0v) is 11.0. The zero-order chi connectivity index (χ0) is 12.8. The smallest absolute Gasteiger partial charge is 0.161 e. The topological polar surface area (TPSA) is 47.7 Å². The Balaban J connectivity index is 1.79. The van der Waals surface area contributed by atoms with E-state index in [-0.39, 0.29) is 0 Å². The van der Waals surface area contributed by atoms with Crippen molar-refractivity contribution in [2.24, 2.45) is 5.73 Å². The molecule has 18 heavy (non-hydrogen) atoms. The van der Waals surface area contributed by atoms with Crippen LogP contribution in [-0.2, 0) is 0 Å². The molecule has 1 saturated heterocycles. The molecule has 4 heteroatoms. The molecule has 1 atom stereocenters. The normalized spacial score (nSPS) is 20.0. The van der Waals surface area contributed by atoms with E-state index in [4.69, 9.17) is 15.2 Å². The van der Waals surface area contributed by atoms with E-state index in [1.807, 2.05) is 31.2 Å². The van der Waals surface area contributed by atoms with Gasteiger partial charge in [-0.2, -0.15) is 0 Å². The van der Waals surface area contributed by atoms with Crippen molar-refractivity contribution in [3.63, 3.8) is 0 Å². The number of nitrogens with zero attached hydrogens (tertiary/aromatic N) is 1. The molecule has 1 fully saturated rings. The van der Waals surface area contributed by atoms with Crippen LogP contribution in [0.1, 0.15) is 13.3 Å². The van der Waals surface area contributed by atoms with Crippen LogP contribution in [0.2, 0.25) is 0 Å². The number of rotatable bonds is 6. The van der Waals surface area contributed by atoms with Crippen molar-refractivity contribution in [1.82, 2.24) is 4.90 Å². The van der Waals surface area contributed by atoms with Crippen molar-refractivity contribution in [3.8, 4) is 11.5 Å². The summed E-state index contributed by atoms with van der Waals surface area (Å²) >= 11 is 0. The molecule has 2 N–H and O–H groups in total. The summed E-state index contributed by atoms with van der Waals surface area (Å²) in [7, 11) is 0. The van der Waals surface area contributed by atoms with Crippen LogP contribution in [0.25, 0.3) is 0 Å². The summed E-state index contributed by atoms with van der Waals surface area (Å²) in [5.41, 5.74) is 5.87. The van der Waals surface area contributed by atoms with Crippen LogP contribution in [-0.4, -0.2) is 43.8 Å². The summed E-state index contributed by atoms with van der Waals surface area (Å²) in [6.07, 6.45) is 1.09. The number of likely N-dealkylation sites (tertiary alicyclic amines) is 1. The number of nitrogens with two attached hydrogens (primary N) is 1. The molecule has 1 aliphatic rings. The molecule has 2 rings (SSSR count). The predicted molar refractivity (Wildman–Crippen MR) is 72.1 cm³/mol. The van der Waals surface area contributed by atoms with Crippen LogP contribution < -0.4 is 15.2 Å². The van der Waals surface area contributed by atoms with Crippen molar-refractivity contribution in [2.45, 2.75) is 19.4 Å². The Labute approximate surface area is 109 Å². The van der Waals surface area contributed by atoms with Crippen molar-refractivity contribution >= 4 is 0 Å². The monoisotopic (exact) mass is 250 g/mol. The Morgan fingerprint density at radius 1 is 1.28 bits per heavy atom. The second-order valence-electron chi connectivity index (χ2n) is 4.58. The summed E-state index contributed by atoms with van der Waals surface area (Å²) in [5, 5.41) is 0. The number of para-hydroxylation sites is 2. The van der Waals surface area contributed by atoms with Gasteiger partial charge in [-0.15, -0.1) is 0 Å². The van der Waals surface area contributed by atoms with Gasteiger partial charge in [-0.1, -0.05) is 12.1 Å². The summed E-state index contributed by atoms with van der Waals surface area (Å²) in [5.74, 6) is 1.64. The molecule has 0 bridgehead atoms. The van der Waals surface area contributed by atoms with Gasteiger partial charge in [0, 0.05) is 19.1 Å². The molecule has 1 aromatic rings. The quantitative estimate of drug-likeness (QED) is 0.831. The van der Waals surface area contributed by atoms with Crippen LogP contribution in [0.3, 0.4) is 0 Å². The number of benzene rings is 1. The van der Waals surface area contributed by atoms with Crippen molar-refractivity contribution in [1.29, 1.82) is 0 Å². The third-order valence-electron chi connectivity index (χ3n) is 3.12. The Kier molecular flexibility index (Phi) is 4.84. The maximum absolute atomic E-state index is 5.87. The fourth-order valence-corrected chi connectivity index (χ4v) is 2.19. The average molecular weight is 250 g/mol. The van der Waals surface area contributed by atoms with E-state index in [0.29, 0.717) is 19.3 Å². The first-order valence-electron chi connectivity index (χ1n) is 6.62. The lowest BCUT2D eigenvalue weighted by Gasteiger charge is -2.16. The first kappa shape index (κ1) is 13.2. The van der Waals surface area contributed by atoms with Gasteiger partial charge in [0.15, 0.2) is 11.5 Å². The van der Waals surface area contributed by atoms with Gasteiger partial charge in [-0.05, 0) is 32.0 Å². The molecule has 0 unspecified atom stereocenters. The lowest BCUT2D eigenvalue weighted by atomic mass is 10.3. The van der Waals surface area contributed by atoms with Crippen LogP contribution in [0.5, 0.6) is 11.5 Å². The second kappa shape index (κ2) is 6.61. The summed E-state index contributed by atoms with van der Waals surface area (Å²) in [4.78, 5) is 2.34. The van der Waals surface area contributed by atoms with Gasteiger partial charge in [-0.3, -0.25) is 4.90 Å². The molecule has 0 radical (unpaired) electrons. The Bertz CT molecular complexity index is 371. The number of hydrogen-bond donors (Lipinski definition) is 1. The highest BCUT2D eigenvalue weighted by molar-refractivity contribution is 5.39. The molecule has 0 aromatic heterocycles. The maximum atomic E-state index is 5.87. The average Bonchev–Trinajstić information content (AvgIpc) is 2.78. The van der Waals surface area contributed by atoms with Crippen LogP contribution in [0.4, 0.5) is 0 Å². The molecule has 100 valence electrons. The lowest BCUT2D eigenvalue weighted by molar-refractivity contribution is 0.225. The molecule has 0 amide bonds. The molecule has 4 nitrogen and oxygen atoms in total.